The van der Waals surface area contributed by atoms with Crippen LogP contribution in [0.1, 0.15) is 29.3 Å². The van der Waals surface area contributed by atoms with Gasteiger partial charge in [-0.1, -0.05) is 25.1 Å². The molecule has 0 spiro atoms. The number of pyridine rings is 1. The van der Waals surface area contributed by atoms with Crippen LogP contribution in [0.4, 0.5) is 17.6 Å². The molecule has 1 aliphatic rings. The smallest absolute Gasteiger partial charge is 0.433 e. The lowest BCUT2D eigenvalue weighted by Gasteiger charge is -2.21. The van der Waals surface area contributed by atoms with Crippen LogP contribution in [0.3, 0.4) is 0 Å². The third kappa shape index (κ3) is 4.50. The summed E-state index contributed by atoms with van der Waals surface area (Å²) in [7, 11) is 1.29. The second-order valence-electron chi connectivity index (χ2n) is 8.10. The normalized spacial score (nSPS) is 16.2. The molecule has 0 aliphatic carbocycles. The predicted octanol–water partition coefficient (Wildman–Crippen LogP) is 5.31. The van der Waals surface area contributed by atoms with Crippen LogP contribution >= 0.6 is 0 Å². The maximum atomic E-state index is 14.2. The summed E-state index contributed by atoms with van der Waals surface area (Å²) in [6.45, 7) is 1.62. The first-order chi connectivity index (χ1) is 16.1. The number of hydrogen-bond acceptors (Lipinski definition) is 4. The fourth-order valence-corrected chi connectivity index (χ4v) is 4.01. The van der Waals surface area contributed by atoms with Gasteiger partial charge >= 0.3 is 6.18 Å². The zero-order chi connectivity index (χ0) is 24.6. The van der Waals surface area contributed by atoms with Gasteiger partial charge in [0, 0.05) is 22.9 Å². The van der Waals surface area contributed by atoms with E-state index < -0.39 is 28.9 Å². The summed E-state index contributed by atoms with van der Waals surface area (Å²) >= 11 is 0. The summed E-state index contributed by atoms with van der Waals surface area (Å²) in [6, 6.07) is 10.1. The number of ketones is 1. The van der Waals surface area contributed by atoms with E-state index in [1.807, 2.05) is 0 Å². The molecule has 0 saturated heterocycles. The molecule has 9 heteroatoms. The number of allylic oxidation sites excluding steroid dienone is 2. The monoisotopic (exact) mass is 472 g/mol. The maximum absolute atomic E-state index is 14.2. The molecule has 0 radical (unpaired) electrons. The number of nitrogens with zero attached hydrogens (tertiary/aromatic N) is 2. The Bertz CT molecular complexity index is 1400. The highest BCUT2D eigenvalue weighted by Crippen LogP contribution is 2.32. The summed E-state index contributed by atoms with van der Waals surface area (Å²) in [5, 5.41) is 0.221. The molecule has 176 valence electrons. The lowest BCUT2D eigenvalue weighted by molar-refractivity contribution is -0.0931. The zero-order valence-corrected chi connectivity index (χ0v) is 18.3. The Labute approximate surface area is 192 Å². The minimum atomic E-state index is -4.58. The third-order valence-electron chi connectivity index (χ3n) is 5.57. The zero-order valence-electron chi connectivity index (χ0n) is 18.3. The topological polar surface area (TPSA) is 60.7 Å². The van der Waals surface area contributed by atoms with Gasteiger partial charge in [-0.15, -0.1) is 0 Å². The number of aromatic nitrogens is 1. The van der Waals surface area contributed by atoms with Crippen molar-refractivity contribution >= 4 is 22.4 Å². The lowest BCUT2D eigenvalue weighted by Crippen LogP contribution is -2.24. The summed E-state index contributed by atoms with van der Waals surface area (Å²) in [4.78, 5) is 30.0. The van der Waals surface area contributed by atoms with E-state index in [4.69, 9.17) is 4.74 Å². The Balaban J connectivity index is 1.81. The predicted molar refractivity (Wildman–Crippen MR) is 120 cm³/mol. The van der Waals surface area contributed by atoms with E-state index in [0.29, 0.717) is 11.9 Å². The van der Waals surface area contributed by atoms with Crippen molar-refractivity contribution in [1.29, 1.82) is 0 Å². The molecule has 1 aliphatic heterocycles. The Morgan fingerprint density at radius 2 is 1.94 bits per heavy atom. The molecule has 0 bridgehead atoms. The molecule has 0 saturated carbocycles. The Morgan fingerprint density at radius 1 is 1.21 bits per heavy atom. The second kappa shape index (κ2) is 8.89. The van der Waals surface area contributed by atoms with Crippen LogP contribution in [-0.2, 0) is 6.54 Å². The number of carbonyl (C=O) groups excluding carboxylic acids is 1. The van der Waals surface area contributed by atoms with Crippen molar-refractivity contribution in [2.24, 2.45) is 10.9 Å². The molecular formula is C25H20F4N2O3. The quantitative estimate of drug-likeness (QED) is 0.374. The van der Waals surface area contributed by atoms with Gasteiger partial charge in [-0.3, -0.25) is 14.6 Å². The van der Waals surface area contributed by atoms with E-state index in [0.717, 1.165) is 12.1 Å². The molecule has 0 N–H and O–H groups in total. The van der Waals surface area contributed by atoms with Gasteiger partial charge in [-0.25, -0.2) is 4.39 Å². The van der Waals surface area contributed by atoms with Crippen LogP contribution < -0.4 is 10.2 Å². The molecule has 1 aromatic heterocycles. The number of aliphatic imine (C=N–C) groups is 1. The molecule has 0 fully saturated rings. The van der Waals surface area contributed by atoms with Gasteiger partial charge < -0.3 is 9.30 Å². The number of alkyl halides is 3. The van der Waals surface area contributed by atoms with Crippen molar-refractivity contribution in [2.75, 3.05) is 7.11 Å². The first kappa shape index (κ1) is 23.4. The third-order valence-corrected chi connectivity index (χ3v) is 5.57. The second-order valence-corrected chi connectivity index (χ2v) is 8.10. The highest BCUT2D eigenvalue weighted by atomic mass is 19.4. The number of hydrogen-bond donors (Lipinski definition) is 0. The van der Waals surface area contributed by atoms with E-state index in [9.17, 15) is 27.2 Å². The van der Waals surface area contributed by atoms with E-state index in [1.54, 1.807) is 25.1 Å². The molecule has 1 unspecified atom stereocenters. The molecular weight excluding hydrogens is 452 g/mol. The summed E-state index contributed by atoms with van der Waals surface area (Å²) in [5.74, 6) is -1.89. The van der Waals surface area contributed by atoms with Gasteiger partial charge in [-0.05, 0) is 42.7 Å². The van der Waals surface area contributed by atoms with Gasteiger partial charge in [0.2, 0.25) is 5.43 Å². The van der Waals surface area contributed by atoms with Gasteiger partial charge in [0.1, 0.15) is 5.70 Å². The fraction of sp³-hybridized carbons (Fsp3) is 0.240. The van der Waals surface area contributed by atoms with E-state index in [2.05, 4.69) is 4.99 Å². The van der Waals surface area contributed by atoms with Crippen molar-refractivity contribution in [3.8, 4) is 5.75 Å². The van der Waals surface area contributed by atoms with Crippen LogP contribution in [0.15, 0.2) is 70.2 Å². The first-order valence-corrected chi connectivity index (χ1v) is 10.4. The average molecular weight is 472 g/mol. The molecule has 2 aromatic carbocycles. The molecule has 1 atom stereocenters. The van der Waals surface area contributed by atoms with Crippen molar-refractivity contribution in [3.63, 3.8) is 0 Å². The minimum Gasteiger partial charge on any atom is -0.494 e. The minimum absolute atomic E-state index is 0.0458. The van der Waals surface area contributed by atoms with Crippen molar-refractivity contribution in [2.45, 2.75) is 26.1 Å². The van der Waals surface area contributed by atoms with E-state index in [-0.39, 0.29) is 40.4 Å². The SMILES string of the molecule is COc1ccc(C(=O)c2cn(CC3=NC(C(F)(F)F)=CC(C)C3)c3ccccc3c2=O)cc1F. The maximum Gasteiger partial charge on any atom is 0.433 e. The Kier molecular flexibility index (Phi) is 6.12. The fourth-order valence-electron chi connectivity index (χ4n) is 4.01. The number of para-hydroxylation sites is 1. The highest BCUT2D eigenvalue weighted by Gasteiger charge is 2.36. The van der Waals surface area contributed by atoms with Crippen LogP contribution in [0.25, 0.3) is 10.9 Å². The summed E-state index contributed by atoms with van der Waals surface area (Å²) in [6.07, 6.45) is -1.90. The Morgan fingerprint density at radius 3 is 2.62 bits per heavy atom. The number of ether oxygens (including phenoxy) is 1. The van der Waals surface area contributed by atoms with Crippen molar-refractivity contribution in [3.05, 3.63) is 87.6 Å². The molecule has 5 nitrogen and oxygen atoms in total. The number of halogens is 4. The van der Waals surface area contributed by atoms with Gasteiger partial charge in [0.25, 0.3) is 0 Å². The van der Waals surface area contributed by atoms with Crippen LogP contribution in [-0.4, -0.2) is 29.3 Å². The van der Waals surface area contributed by atoms with E-state index in [1.165, 1.54) is 36.1 Å². The summed E-state index contributed by atoms with van der Waals surface area (Å²) in [5.41, 5.74) is -1.07. The van der Waals surface area contributed by atoms with Gasteiger partial charge in [0.05, 0.1) is 24.7 Å². The Hall–Kier alpha value is -3.75. The lowest BCUT2D eigenvalue weighted by atomic mass is 9.98. The number of carbonyl (C=O) groups is 1. The number of benzene rings is 2. The molecule has 0 amide bonds. The summed E-state index contributed by atoms with van der Waals surface area (Å²) < 4.78 is 60.4. The van der Waals surface area contributed by atoms with Crippen molar-refractivity contribution in [1.82, 2.24) is 4.57 Å². The standard InChI is InChI=1S/C25H20F4N2O3/c1-14-9-16(30-22(10-14)25(27,28)29)12-31-13-18(24(33)17-5-3-4-6-20(17)31)23(32)15-7-8-21(34-2)19(26)11-15/h3-8,10-11,13-14H,9,12H2,1-2H3. The number of rotatable bonds is 5. The average Bonchev–Trinajstić information content (AvgIpc) is 2.79. The van der Waals surface area contributed by atoms with Gasteiger partial charge in [-0.2, -0.15) is 13.2 Å². The first-order valence-electron chi connectivity index (χ1n) is 10.4. The van der Waals surface area contributed by atoms with E-state index >= 15 is 0 Å². The van der Waals surface area contributed by atoms with Crippen LogP contribution in [0.5, 0.6) is 5.75 Å². The van der Waals surface area contributed by atoms with Crippen LogP contribution in [0.2, 0.25) is 0 Å². The molecule has 2 heterocycles. The molecule has 3 aromatic rings. The van der Waals surface area contributed by atoms with Gasteiger partial charge in [0.15, 0.2) is 17.3 Å². The number of methoxy groups -OCH3 is 1. The molecule has 4 rings (SSSR count). The highest BCUT2D eigenvalue weighted by molar-refractivity contribution is 6.10. The van der Waals surface area contributed by atoms with Crippen molar-refractivity contribution < 1.29 is 27.1 Å². The largest absolute Gasteiger partial charge is 0.494 e. The number of fused-ring (bicyclic) bond motifs is 1. The van der Waals surface area contributed by atoms with Crippen LogP contribution in [0, 0.1) is 11.7 Å². The molecule has 34 heavy (non-hydrogen) atoms.